The standard InChI is InChI=1S/C9H18N2O2/c10-5-8-3-1-2-4-11(8)6-9(13)7-12/h1,3,8-9,12-13H,2,4-7,10H2. The Kier molecular flexibility index (Phi) is 4.38. The summed E-state index contributed by atoms with van der Waals surface area (Å²) in [5.41, 5.74) is 5.57. The monoisotopic (exact) mass is 186 g/mol. The van der Waals surface area contributed by atoms with E-state index in [0.717, 1.165) is 13.0 Å². The summed E-state index contributed by atoms with van der Waals surface area (Å²) < 4.78 is 0. The number of rotatable bonds is 4. The molecule has 0 spiro atoms. The molecule has 4 heteroatoms. The second-order valence-electron chi connectivity index (χ2n) is 3.35. The van der Waals surface area contributed by atoms with Gasteiger partial charge in [0.1, 0.15) is 0 Å². The van der Waals surface area contributed by atoms with Gasteiger partial charge in [0.15, 0.2) is 0 Å². The molecule has 0 aliphatic carbocycles. The van der Waals surface area contributed by atoms with E-state index < -0.39 is 6.10 Å². The molecule has 4 N–H and O–H groups in total. The Morgan fingerprint density at radius 3 is 3.00 bits per heavy atom. The van der Waals surface area contributed by atoms with E-state index in [2.05, 4.69) is 17.1 Å². The Morgan fingerprint density at radius 1 is 1.62 bits per heavy atom. The Labute approximate surface area is 78.7 Å². The molecular formula is C9H18N2O2. The predicted octanol–water partition coefficient (Wildman–Crippen LogP) is -1.07. The molecule has 1 aliphatic heterocycles. The largest absolute Gasteiger partial charge is 0.394 e. The summed E-state index contributed by atoms with van der Waals surface area (Å²) in [6, 6.07) is 0.218. The van der Waals surface area contributed by atoms with Crippen molar-refractivity contribution in [3.8, 4) is 0 Å². The van der Waals surface area contributed by atoms with Crippen LogP contribution in [0.1, 0.15) is 6.42 Å². The van der Waals surface area contributed by atoms with Crippen molar-refractivity contribution in [1.29, 1.82) is 0 Å². The molecule has 4 nitrogen and oxygen atoms in total. The lowest BCUT2D eigenvalue weighted by molar-refractivity contribution is 0.0507. The molecule has 0 aromatic heterocycles. The first kappa shape index (κ1) is 10.7. The minimum absolute atomic E-state index is 0.183. The van der Waals surface area contributed by atoms with Gasteiger partial charge in [0, 0.05) is 25.7 Å². The molecule has 0 bridgehead atoms. The summed E-state index contributed by atoms with van der Waals surface area (Å²) in [6.45, 7) is 1.80. The van der Waals surface area contributed by atoms with Crippen molar-refractivity contribution in [1.82, 2.24) is 4.90 Å². The molecule has 0 saturated heterocycles. The molecule has 2 unspecified atom stereocenters. The third-order valence-corrected chi connectivity index (χ3v) is 2.31. The summed E-state index contributed by atoms with van der Waals surface area (Å²) in [5, 5.41) is 18.0. The molecule has 0 fully saturated rings. The molecule has 0 aromatic rings. The van der Waals surface area contributed by atoms with Gasteiger partial charge in [-0.2, -0.15) is 0 Å². The van der Waals surface area contributed by atoms with Crippen LogP contribution in [0, 0.1) is 0 Å². The van der Waals surface area contributed by atoms with Crippen LogP contribution < -0.4 is 5.73 Å². The molecule has 0 saturated carbocycles. The maximum absolute atomic E-state index is 9.27. The van der Waals surface area contributed by atoms with E-state index >= 15 is 0 Å². The lowest BCUT2D eigenvalue weighted by Crippen LogP contribution is -2.46. The van der Waals surface area contributed by atoms with Crippen molar-refractivity contribution in [2.45, 2.75) is 18.6 Å². The zero-order valence-corrected chi connectivity index (χ0v) is 7.76. The first-order valence-electron chi connectivity index (χ1n) is 4.67. The van der Waals surface area contributed by atoms with Crippen molar-refractivity contribution in [3.63, 3.8) is 0 Å². The fourth-order valence-corrected chi connectivity index (χ4v) is 1.56. The SMILES string of the molecule is NCC1C=CCCN1CC(O)CO. The molecule has 2 atom stereocenters. The number of hydrogen-bond acceptors (Lipinski definition) is 4. The van der Waals surface area contributed by atoms with Crippen molar-refractivity contribution in [2.75, 3.05) is 26.2 Å². The highest BCUT2D eigenvalue weighted by Gasteiger charge is 2.19. The minimum atomic E-state index is -0.652. The Balaban J connectivity index is 2.42. The molecule has 0 amide bonds. The fraction of sp³-hybridized carbons (Fsp3) is 0.778. The molecule has 1 aliphatic rings. The van der Waals surface area contributed by atoms with Crippen molar-refractivity contribution >= 4 is 0 Å². The molecule has 1 heterocycles. The van der Waals surface area contributed by atoms with E-state index in [4.69, 9.17) is 10.8 Å². The Morgan fingerprint density at radius 2 is 2.38 bits per heavy atom. The topological polar surface area (TPSA) is 69.7 Å². The normalized spacial score (nSPS) is 26.2. The van der Waals surface area contributed by atoms with Gasteiger partial charge in [0.2, 0.25) is 0 Å². The summed E-state index contributed by atoms with van der Waals surface area (Å²) >= 11 is 0. The van der Waals surface area contributed by atoms with Crippen LogP contribution in [-0.4, -0.2) is 53.5 Å². The smallest absolute Gasteiger partial charge is 0.0897 e. The number of nitrogens with two attached hydrogens (primary N) is 1. The molecule has 0 aromatic carbocycles. The van der Waals surface area contributed by atoms with Crippen LogP contribution in [0.4, 0.5) is 0 Å². The zero-order chi connectivity index (χ0) is 9.68. The van der Waals surface area contributed by atoms with Crippen LogP contribution in [0.25, 0.3) is 0 Å². The van der Waals surface area contributed by atoms with Gasteiger partial charge in [-0.15, -0.1) is 0 Å². The van der Waals surface area contributed by atoms with Crippen LogP contribution >= 0.6 is 0 Å². The number of aliphatic hydroxyl groups is 2. The number of hydrogen-bond donors (Lipinski definition) is 3. The molecule has 1 rings (SSSR count). The van der Waals surface area contributed by atoms with Gasteiger partial charge in [-0.05, 0) is 6.42 Å². The molecule has 76 valence electrons. The summed E-state index contributed by atoms with van der Waals surface area (Å²) in [4.78, 5) is 2.10. The van der Waals surface area contributed by atoms with Gasteiger partial charge in [-0.25, -0.2) is 0 Å². The van der Waals surface area contributed by atoms with Crippen molar-refractivity contribution in [3.05, 3.63) is 12.2 Å². The molecule has 0 radical (unpaired) electrons. The van der Waals surface area contributed by atoms with Crippen LogP contribution in [0.5, 0.6) is 0 Å². The van der Waals surface area contributed by atoms with E-state index in [-0.39, 0.29) is 12.6 Å². The zero-order valence-electron chi connectivity index (χ0n) is 7.76. The average molecular weight is 186 g/mol. The fourth-order valence-electron chi connectivity index (χ4n) is 1.56. The quantitative estimate of drug-likeness (QED) is 0.489. The summed E-state index contributed by atoms with van der Waals surface area (Å²) in [6.07, 6.45) is 4.52. The second-order valence-corrected chi connectivity index (χ2v) is 3.35. The predicted molar refractivity (Wildman–Crippen MR) is 51.3 cm³/mol. The highest BCUT2D eigenvalue weighted by atomic mass is 16.3. The maximum atomic E-state index is 9.27. The number of nitrogens with zero attached hydrogens (tertiary/aromatic N) is 1. The third kappa shape index (κ3) is 3.08. The lowest BCUT2D eigenvalue weighted by atomic mass is 10.1. The Bertz CT molecular complexity index is 173. The lowest BCUT2D eigenvalue weighted by Gasteiger charge is -2.32. The van der Waals surface area contributed by atoms with E-state index in [9.17, 15) is 5.11 Å². The van der Waals surface area contributed by atoms with Gasteiger partial charge in [0.25, 0.3) is 0 Å². The van der Waals surface area contributed by atoms with Gasteiger partial charge in [-0.1, -0.05) is 12.2 Å². The van der Waals surface area contributed by atoms with Crippen LogP contribution in [0.15, 0.2) is 12.2 Å². The van der Waals surface area contributed by atoms with Gasteiger partial charge < -0.3 is 15.9 Å². The third-order valence-electron chi connectivity index (χ3n) is 2.31. The average Bonchev–Trinajstić information content (AvgIpc) is 2.18. The Hall–Kier alpha value is -0.420. The van der Waals surface area contributed by atoms with Crippen LogP contribution in [0.3, 0.4) is 0 Å². The van der Waals surface area contributed by atoms with Crippen molar-refractivity contribution in [2.24, 2.45) is 5.73 Å². The minimum Gasteiger partial charge on any atom is -0.394 e. The molecule has 13 heavy (non-hydrogen) atoms. The van der Waals surface area contributed by atoms with Crippen molar-refractivity contribution < 1.29 is 10.2 Å². The molecular weight excluding hydrogens is 168 g/mol. The van der Waals surface area contributed by atoms with Crippen LogP contribution in [-0.2, 0) is 0 Å². The number of aliphatic hydroxyl groups excluding tert-OH is 2. The van der Waals surface area contributed by atoms with Gasteiger partial charge in [-0.3, -0.25) is 4.90 Å². The van der Waals surface area contributed by atoms with E-state index in [0.29, 0.717) is 13.1 Å². The first-order chi connectivity index (χ1) is 6.27. The highest BCUT2D eigenvalue weighted by molar-refractivity contribution is 5.00. The second kappa shape index (κ2) is 5.34. The van der Waals surface area contributed by atoms with E-state index in [1.165, 1.54) is 0 Å². The van der Waals surface area contributed by atoms with E-state index in [1.54, 1.807) is 0 Å². The van der Waals surface area contributed by atoms with Crippen LogP contribution in [0.2, 0.25) is 0 Å². The summed E-state index contributed by atoms with van der Waals surface area (Å²) in [7, 11) is 0. The van der Waals surface area contributed by atoms with Gasteiger partial charge >= 0.3 is 0 Å². The number of β-amino-alcohol motifs (C(OH)–C–C–N with tert-alkyl or cyclic N) is 1. The summed E-state index contributed by atoms with van der Waals surface area (Å²) in [5.74, 6) is 0. The first-order valence-corrected chi connectivity index (χ1v) is 4.67. The maximum Gasteiger partial charge on any atom is 0.0897 e. The highest BCUT2D eigenvalue weighted by Crippen LogP contribution is 2.09. The van der Waals surface area contributed by atoms with E-state index in [1.807, 2.05) is 0 Å². The van der Waals surface area contributed by atoms with Gasteiger partial charge in [0.05, 0.1) is 12.7 Å².